The largest absolute Gasteiger partial charge is 0.355 e. The number of fused-ring (bicyclic) bond motifs is 8. The molecule has 0 spiro atoms. The highest BCUT2D eigenvalue weighted by Crippen LogP contribution is 2.21. The molecule has 5 aromatic rings. The fourth-order valence-corrected chi connectivity index (χ4v) is 4.58. The van der Waals surface area contributed by atoms with Crippen LogP contribution in [0.25, 0.3) is 23.8 Å². The lowest BCUT2D eigenvalue weighted by atomic mass is 10.0. The standard InChI is InChI=1S/C29H26N4/c1-17-4-6-20(7-5-17)29-25-11-10-23(31-25)16-26-18(2)12-24(32-26)14-21-8-9-22(30-21)15-27-19(3)13-28(29)33-27/h4-16,30-33H,1-3H3. The van der Waals surface area contributed by atoms with Crippen LogP contribution in [0.15, 0.2) is 60.7 Å². The molecular formula is C29H26N4. The molecule has 8 bridgehead atoms. The predicted molar refractivity (Wildman–Crippen MR) is 135 cm³/mol. The van der Waals surface area contributed by atoms with E-state index in [-0.39, 0.29) is 0 Å². The molecule has 0 unspecified atom stereocenters. The van der Waals surface area contributed by atoms with Gasteiger partial charge in [0, 0.05) is 49.7 Å². The summed E-state index contributed by atoms with van der Waals surface area (Å²) in [5, 5.41) is 4.39. The quantitative estimate of drug-likeness (QED) is 0.310. The van der Waals surface area contributed by atoms with E-state index in [1.165, 1.54) is 22.3 Å². The number of hydrogen-bond acceptors (Lipinski definition) is 0. The summed E-state index contributed by atoms with van der Waals surface area (Å²) in [6, 6.07) is 21.7. The monoisotopic (exact) mass is 430 g/mol. The molecule has 0 aliphatic carbocycles. The van der Waals surface area contributed by atoms with Gasteiger partial charge >= 0.3 is 0 Å². The van der Waals surface area contributed by atoms with Crippen molar-refractivity contribution in [3.8, 4) is 0 Å². The number of nitrogens with one attached hydrogen (secondary N) is 4. The van der Waals surface area contributed by atoms with E-state index < -0.39 is 0 Å². The summed E-state index contributed by atoms with van der Waals surface area (Å²) in [6.45, 7) is 6.41. The van der Waals surface area contributed by atoms with Crippen LogP contribution < -0.4 is 21.4 Å². The summed E-state index contributed by atoms with van der Waals surface area (Å²) in [6.07, 6.45) is 6.49. The molecule has 4 N–H and O–H groups in total. The van der Waals surface area contributed by atoms with Crippen LogP contribution in [-0.2, 0) is 0 Å². The molecule has 0 saturated carbocycles. The van der Waals surface area contributed by atoms with Crippen molar-refractivity contribution < 1.29 is 0 Å². The number of aromatic nitrogens is 4. The Hall–Kier alpha value is -4.18. The Balaban J connectivity index is 1.70. The Morgan fingerprint density at radius 3 is 1.97 bits per heavy atom. The molecule has 4 heteroatoms. The third kappa shape index (κ3) is 3.60. The molecule has 162 valence electrons. The lowest BCUT2D eigenvalue weighted by Gasteiger charge is -2.06. The molecular weight excluding hydrogens is 404 g/mol. The Morgan fingerprint density at radius 2 is 1.18 bits per heavy atom. The number of benzene rings is 1. The summed E-state index contributed by atoms with van der Waals surface area (Å²) in [5.41, 5.74) is 10.3. The van der Waals surface area contributed by atoms with E-state index >= 15 is 0 Å². The van der Waals surface area contributed by atoms with E-state index in [1.54, 1.807) is 0 Å². The van der Waals surface area contributed by atoms with Gasteiger partial charge in [0.25, 0.3) is 0 Å². The van der Waals surface area contributed by atoms with Crippen LogP contribution in [-0.4, -0.2) is 19.9 Å². The fraction of sp³-hybridized carbons (Fsp3) is 0.103. The average Bonchev–Trinajstić information content (AvgIpc) is 3.56. The molecule has 33 heavy (non-hydrogen) atoms. The highest BCUT2D eigenvalue weighted by atomic mass is 14.8. The Morgan fingerprint density at radius 1 is 0.545 bits per heavy atom. The van der Waals surface area contributed by atoms with Crippen LogP contribution in [0.3, 0.4) is 0 Å². The molecule has 0 atom stereocenters. The van der Waals surface area contributed by atoms with Gasteiger partial charge < -0.3 is 19.9 Å². The van der Waals surface area contributed by atoms with Gasteiger partial charge in [-0.3, -0.25) is 0 Å². The van der Waals surface area contributed by atoms with Crippen LogP contribution >= 0.6 is 0 Å². The van der Waals surface area contributed by atoms with Gasteiger partial charge in [0.2, 0.25) is 0 Å². The van der Waals surface area contributed by atoms with Crippen molar-refractivity contribution in [1.29, 1.82) is 0 Å². The minimum absolute atomic E-state index is 1.07. The number of H-pyrrole nitrogens is 4. The van der Waals surface area contributed by atoms with Gasteiger partial charge in [-0.1, -0.05) is 29.8 Å². The van der Waals surface area contributed by atoms with Crippen molar-refractivity contribution >= 4 is 23.8 Å². The number of hydrogen-bond donors (Lipinski definition) is 4. The number of aromatic amines is 4. The second kappa shape index (κ2) is 7.45. The third-order valence-electron chi connectivity index (χ3n) is 6.36. The minimum atomic E-state index is 1.07. The molecule has 1 aliphatic rings. The van der Waals surface area contributed by atoms with Gasteiger partial charge in [0.05, 0.1) is 0 Å². The Bertz CT molecular complexity index is 1730. The number of aryl methyl sites for hydroxylation is 3. The SMILES string of the molecule is Cc1ccc(C2=c3cc(C)c([nH]3)=Cc3ccc([nH]3)C=c3cc(C)c([nH]3)=Cc3ccc2[nH]3)cc1. The lowest BCUT2D eigenvalue weighted by Crippen LogP contribution is -2.15. The summed E-state index contributed by atoms with van der Waals surface area (Å²) in [5.74, 6) is 0. The normalized spacial score (nSPS) is 12.8. The lowest BCUT2D eigenvalue weighted by molar-refractivity contribution is 1.20. The maximum Gasteiger partial charge on any atom is 0.0488 e. The Labute approximate surface area is 191 Å². The molecule has 1 aliphatic heterocycles. The van der Waals surface area contributed by atoms with E-state index in [9.17, 15) is 0 Å². The molecule has 0 radical (unpaired) electrons. The van der Waals surface area contributed by atoms with E-state index in [2.05, 4.69) is 120 Å². The van der Waals surface area contributed by atoms with Crippen molar-refractivity contribution in [2.45, 2.75) is 20.8 Å². The van der Waals surface area contributed by atoms with Gasteiger partial charge in [-0.05, 0) is 92.1 Å². The van der Waals surface area contributed by atoms with Crippen molar-refractivity contribution in [2.24, 2.45) is 0 Å². The van der Waals surface area contributed by atoms with Crippen molar-refractivity contribution in [1.82, 2.24) is 19.9 Å². The second-order valence-corrected chi connectivity index (χ2v) is 8.97. The zero-order valence-electron chi connectivity index (χ0n) is 19.0. The van der Waals surface area contributed by atoms with Gasteiger partial charge in [-0.25, -0.2) is 0 Å². The zero-order chi connectivity index (χ0) is 22.5. The van der Waals surface area contributed by atoms with E-state index in [4.69, 9.17) is 0 Å². The smallest absolute Gasteiger partial charge is 0.0488 e. The predicted octanol–water partition coefficient (Wildman–Crippen LogP) is 2.97. The summed E-state index contributed by atoms with van der Waals surface area (Å²) in [7, 11) is 0. The minimum Gasteiger partial charge on any atom is -0.355 e. The van der Waals surface area contributed by atoms with Gasteiger partial charge in [0.15, 0.2) is 0 Å². The fourth-order valence-electron chi connectivity index (χ4n) is 4.58. The highest BCUT2D eigenvalue weighted by Gasteiger charge is 2.11. The zero-order valence-corrected chi connectivity index (χ0v) is 19.0. The van der Waals surface area contributed by atoms with Crippen LogP contribution in [0.5, 0.6) is 0 Å². The Kier molecular flexibility index (Phi) is 4.40. The second-order valence-electron chi connectivity index (χ2n) is 8.97. The van der Waals surface area contributed by atoms with Crippen LogP contribution in [0.1, 0.15) is 45.0 Å². The highest BCUT2D eigenvalue weighted by molar-refractivity contribution is 5.78. The molecule has 0 saturated heterocycles. The van der Waals surface area contributed by atoms with Crippen LogP contribution in [0.4, 0.5) is 0 Å². The molecule has 6 rings (SSSR count). The average molecular weight is 431 g/mol. The van der Waals surface area contributed by atoms with Gasteiger partial charge in [-0.2, -0.15) is 0 Å². The topological polar surface area (TPSA) is 63.2 Å². The van der Waals surface area contributed by atoms with Crippen LogP contribution in [0, 0.1) is 20.8 Å². The number of rotatable bonds is 1. The first-order chi connectivity index (χ1) is 16.0. The van der Waals surface area contributed by atoms with E-state index in [0.717, 1.165) is 49.7 Å². The van der Waals surface area contributed by atoms with Crippen molar-refractivity contribution in [2.75, 3.05) is 0 Å². The van der Waals surface area contributed by atoms with Crippen molar-refractivity contribution in [3.05, 3.63) is 127 Å². The van der Waals surface area contributed by atoms with E-state index in [1.807, 2.05) is 0 Å². The van der Waals surface area contributed by atoms with Crippen LogP contribution in [0.2, 0.25) is 0 Å². The summed E-state index contributed by atoms with van der Waals surface area (Å²) in [4.78, 5) is 14.4. The molecule has 1 aromatic carbocycles. The van der Waals surface area contributed by atoms with Gasteiger partial charge in [-0.15, -0.1) is 0 Å². The maximum absolute atomic E-state index is 3.68. The van der Waals surface area contributed by atoms with Crippen molar-refractivity contribution in [3.63, 3.8) is 0 Å². The molecule has 0 amide bonds. The third-order valence-corrected chi connectivity index (χ3v) is 6.36. The first-order valence-electron chi connectivity index (χ1n) is 11.3. The first kappa shape index (κ1) is 19.5. The summed E-state index contributed by atoms with van der Waals surface area (Å²) < 4.78 is 0. The van der Waals surface area contributed by atoms with E-state index in [0.29, 0.717) is 0 Å². The maximum atomic E-state index is 3.68. The summed E-state index contributed by atoms with van der Waals surface area (Å²) >= 11 is 0. The van der Waals surface area contributed by atoms with Gasteiger partial charge in [0.1, 0.15) is 0 Å². The molecule has 0 fully saturated rings. The molecule has 4 nitrogen and oxygen atoms in total. The molecule has 5 heterocycles. The molecule has 4 aromatic heterocycles. The first-order valence-corrected chi connectivity index (χ1v) is 11.3.